The summed E-state index contributed by atoms with van der Waals surface area (Å²) in [6.45, 7) is -0.0292. The van der Waals surface area contributed by atoms with Crippen LogP contribution in [0, 0.1) is 0 Å². The zero-order chi connectivity index (χ0) is 10.8. The van der Waals surface area contributed by atoms with Gasteiger partial charge in [-0.15, -0.1) is 0 Å². The van der Waals surface area contributed by atoms with Crippen LogP contribution in [0.2, 0.25) is 0 Å². The Kier molecular flexibility index (Phi) is 2.26. The molecule has 0 saturated carbocycles. The molecule has 0 radical (unpaired) electrons. The molecular weight excluding hydrogens is 200 g/mol. The molecule has 1 aliphatic rings. The van der Waals surface area contributed by atoms with Gasteiger partial charge in [-0.2, -0.15) is 0 Å². The molecule has 0 aromatic heterocycles. The van der Waals surface area contributed by atoms with Crippen LogP contribution in [0.3, 0.4) is 0 Å². The highest BCUT2D eigenvalue weighted by Gasteiger charge is 2.17. The number of ether oxygens (including phenoxy) is 1. The van der Waals surface area contributed by atoms with Gasteiger partial charge in [-0.05, 0) is 18.2 Å². The molecule has 2 amide bonds. The Balaban J connectivity index is 2.36. The van der Waals surface area contributed by atoms with Gasteiger partial charge in [0.15, 0.2) is 6.61 Å². The van der Waals surface area contributed by atoms with E-state index in [-0.39, 0.29) is 18.1 Å². The first-order valence-electron chi connectivity index (χ1n) is 4.22. The molecule has 0 fully saturated rings. The summed E-state index contributed by atoms with van der Waals surface area (Å²) in [7, 11) is 0. The third kappa shape index (κ3) is 1.75. The first-order chi connectivity index (χ1) is 7.20. The molecule has 6 heteroatoms. The molecule has 1 heterocycles. The van der Waals surface area contributed by atoms with E-state index < -0.39 is 5.91 Å². The number of hydrogen-bond acceptors (Lipinski definition) is 4. The van der Waals surface area contributed by atoms with E-state index in [2.05, 4.69) is 5.32 Å². The monoisotopic (exact) mass is 208 g/mol. The smallest absolute Gasteiger partial charge is 0.274 e. The van der Waals surface area contributed by atoms with Gasteiger partial charge in [0.25, 0.3) is 11.8 Å². The lowest BCUT2D eigenvalue weighted by molar-refractivity contribution is -0.118. The topological polar surface area (TPSA) is 87.7 Å². The lowest BCUT2D eigenvalue weighted by Crippen LogP contribution is -2.26. The molecule has 0 spiro atoms. The summed E-state index contributed by atoms with van der Waals surface area (Å²) in [6.07, 6.45) is 0. The van der Waals surface area contributed by atoms with E-state index in [1.54, 1.807) is 6.07 Å². The summed E-state index contributed by atoms with van der Waals surface area (Å²) in [6, 6.07) is 4.47. The summed E-state index contributed by atoms with van der Waals surface area (Å²) < 4.78 is 5.10. The van der Waals surface area contributed by atoms with Gasteiger partial charge >= 0.3 is 0 Å². The number of amides is 2. The van der Waals surface area contributed by atoms with Gasteiger partial charge in [-0.3, -0.25) is 14.8 Å². The van der Waals surface area contributed by atoms with E-state index in [4.69, 9.17) is 9.94 Å². The van der Waals surface area contributed by atoms with Crippen molar-refractivity contribution in [2.24, 2.45) is 0 Å². The van der Waals surface area contributed by atoms with Crippen molar-refractivity contribution in [3.63, 3.8) is 0 Å². The summed E-state index contributed by atoms with van der Waals surface area (Å²) in [5.41, 5.74) is 2.17. The molecule has 2 rings (SSSR count). The standard InChI is InChI=1S/C9H8N2O4/c12-8-4-15-7-2-1-5(9(13)11-14)3-6(7)10-8/h1-3,14H,4H2,(H,10,12)(H,11,13). The van der Waals surface area contributed by atoms with Crippen molar-refractivity contribution in [2.45, 2.75) is 0 Å². The van der Waals surface area contributed by atoms with E-state index >= 15 is 0 Å². The van der Waals surface area contributed by atoms with E-state index in [0.29, 0.717) is 11.4 Å². The number of fused-ring (bicyclic) bond motifs is 1. The van der Waals surface area contributed by atoms with Crippen LogP contribution in [0.4, 0.5) is 5.69 Å². The number of rotatable bonds is 1. The minimum Gasteiger partial charge on any atom is -0.482 e. The molecule has 0 atom stereocenters. The average molecular weight is 208 g/mol. The van der Waals surface area contributed by atoms with Crippen molar-refractivity contribution in [2.75, 3.05) is 11.9 Å². The molecule has 0 bridgehead atoms. The van der Waals surface area contributed by atoms with Gasteiger partial charge in [0.1, 0.15) is 5.75 Å². The second-order valence-electron chi connectivity index (χ2n) is 2.99. The number of hydrogen-bond donors (Lipinski definition) is 3. The van der Waals surface area contributed by atoms with Crippen LogP contribution in [0.5, 0.6) is 5.75 Å². The van der Waals surface area contributed by atoms with E-state index in [1.807, 2.05) is 0 Å². The molecule has 1 aromatic carbocycles. The highest BCUT2D eigenvalue weighted by Crippen LogP contribution is 2.28. The zero-order valence-corrected chi connectivity index (χ0v) is 7.61. The maximum absolute atomic E-state index is 11.1. The predicted molar refractivity (Wildman–Crippen MR) is 49.8 cm³/mol. The number of carbonyl (C=O) groups excluding carboxylic acids is 2. The Morgan fingerprint density at radius 2 is 2.33 bits per heavy atom. The lowest BCUT2D eigenvalue weighted by atomic mass is 10.1. The van der Waals surface area contributed by atoms with Crippen molar-refractivity contribution in [1.29, 1.82) is 0 Å². The Labute approximate surface area is 84.8 Å². The Morgan fingerprint density at radius 3 is 3.07 bits per heavy atom. The van der Waals surface area contributed by atoms with Gasteiger partial charge in [0, 0.05) is 5.56 Å². The van der Waals surface area contributed by atoms with Crippen molar-refractivity contribution in [3.8, 4) is 5.75 Å². The van der Waals surface area contributed by atoms with Gasteiger partial charge in [-0.1, -0.05) is 0 Å². The number of carbonyl (C=O) groups is 2. The second kappa shape index (κ2) is 3.58. The van der Waals surface area contributed by atoms with Crippen LogP contribution in [-0.4, -0.2) is 23.6 Å². The SMILES string of the molecule is O=C1COc2ccc(C(=O)NO)cc2N1. The quantitative estimate of drug-likeness (QED) is 0.452. The van der Waals surface area contributed by atoms with Crippen LogP contribution >= 0.6 is 0 Å². The fraction of sp³-hybridized carbons (Fsp3) is 0.111. The van der Waals surface area contributed by atoms with Crippen LogP contribution in [0.1, 0.15) is 10.4 Å². The number of benzene rings is 1. The van der Waals surface area contributed by atoms with Gasteiger partial charge < -0.3 is 10.1 Å². The second-order valence-corrected chi connectivity index (χ2v) is 2.99. The molecule has 0 aliphatic carbocycles. The largest absolute Gasteiger partial charge is 0.482 e. The minimum atomic E-state index is -0.641. The molecule has 0 unspecified atom stereocenters. The fourth-order valence-corrected chi connectivity index (χ4v) is 1.29. The van der Waals surface area contributed by atoms with Crippen molar-refractivity contribution in [1.82, 2.24) is 5.48 Å². The number of hydroxylamine groups is 1. The van der Waals surface area contributed by atoms with Crippen molar-refractivity contribution in [3.05, 3.63) is 23.8 Å². The Morgan fingerprint density at radius 1 is 1.53 bits per heavy atom. The van der Waals surface area contributed by atoms with Gasteiger partial charge in [-0.25, -0.2) is 5.48 Å². The normalized spacial score (nSPS) is 13.5. The molecule has 0 saturated heterocycles. The van der Waals surface area contributed by atoms with E-state index in [0.717, 1.165) is 0 Å². The van der Waals surface area contributed by atoms with Crippen molar-refractivity contribution < 1.29 is 19.5 Å². The summed E-state index contributed by atoms with van der Waals surface area (Å²) in [5, 5.41) is 11.0. The van der Waals surface area contributed by atoms with Gasteiger partial charge in [0.2, 0.25) is 0 Å². The first kappa shape index (κ1) is 9.47. The zero-order valence-electron chi connectivity index (χ0n) is 7.61. The molecular formula is C9H8N2O4. The fourth-order valence-electron chi connectivity index (χ4n) is 1.29. The average Bonchev–Trinajstić information content (AvgIpc) is 2.27. The van der Waals surface area contributed by atoms with Crippen LogP contribution < -0.4 is 15.5 Å². The molecule has 78 valence electrons. The van der Waals surface area contributed by atoms with E-state index in [1.165, 1.54) is 17.6 Å². The Hall–Kier alpha value is -2.08. The third-order valence-corrected chi connectivity index (χ3v) is 1.98. The predicted octanol–water partition coefficient (Wildman–Crippen LogP) is 0.136. The first-order valence-corrected chi connectivity index (χ1v) is 4.22. The molecule has 6 nitrogen and oxygen atoms in total. The van der Waals surface area contributed by atoms with Crippen molar-refractivity contribution >= 4 is 17.5 Å². The Bertz CT molecular complexity index is 430. The molecule has 1 aromatic rings. The minimum absolute atomic E-state index is 0.0292. The molecule has 15 heavy (non-hydrogen) atoms. The maximum Gasteiger partial charge on any atom is 0.274 e. The van der Waals surface area contributed by atoms with Gasteiger partial charge in [0.05, 0.1) is 5.69 Å². The van der Waals surface area contributed by atoms with E-state index in [9.17, 15) is 9.59 Å². The highest BCUT2D eigenvalue weighted by atomic mass is 16.5. The number of anilines is 1. The maximum atomic E-state index is 11.1. The van der Waals surface area contributed by atoms with Crippen LogP contribution in [0.15, 0.2) is 18.2 Å². The van der Waals surface area contributed by atoms with Crippen LogP contribution in [0.25, 0.3) is 0 Å². The molecule has 1 aliphatic heterocycles. The van der Waals surface area contributed by atoms with Crippen LogP contribution in [-0.2, 0) is 4.79 Å². The number of nitrogens with one attached hydrogen (secondary N) is 2. The summed E-state index contributed by atoms with van der Waals surface area (Å²) in [5.74, 6) is -0.411. The summed E-state index contributed by atoms with van der Waals surface area (Å²) >= 11 is 0. The lowest BCUT2D eigenvalue weighted by Gasteiger charge is -2.17. The third-order valence-electron chi connectivity index (χ3n) is 1.98. The highest BCUT2D eigenvalue weighted by molar-refractivity contribution is 5.99. The summed E-state index contributed by atoms with van der Waals surface area (Å²) in [4.78, 5) is 22.1. The molecule has 3 N–H and O–H groups in total.